The molecule has 7 heteroatoms. The number of rotatable bonds is 4. The van der Waals surface area contributed by atoms with Crippen molar-refractivity contribution in [3.05, 3.63) is 58.3 Å². The first-order valence-corrected chi connectivity index (χ1v) is 7.87. The van der Waals surface area contributed by atoms with E-state index in [4.69, 9.17) is 0 Å². The number of aromatic nitrogens is 1. The first kappa shape index (κ1) is 15.9. The second kappa shape index (κ2) is 6.65. The van der Waals surface area contributed by atoms with Crippen molar-refractivity contribution in [3.8, 4) is 0 Å². The van der Waals surface area contributed by atoms with Crippen LogP contribution in [0.3, 0.4) is 0 Å². The number of carbonyl (C=O) groups excluding carboxylic acids is 1. The summed E-state index contributed by atoms with van der Waals surface area (Å²) < 4.78 is 28.9. The molecule has 1 amide bonds. The predicted octanol–water partition coefficient (Wildman–Crippen LogP) is 2.27. The largest absolute Gasteiger partial charge is 0.476 e. The Balaban J connectivity index is 1.76. The van der Waals surface area contributed by atoms with Gasteiger partial charge in [0.25, 0.3) is 5.91 Å². The minimum atomic E-state index is -0.928. The number of fused-ring (bicyclic) bond motifs is 1. The fourth-order valence-electron chi connectivity index (χ4n) is 2.68. The average molecular weight is 329 g/mol. The molecule has 0 bridgehead atoms. The van der Waals surface area contributed by atoms with Crippen molar-refractivity contribution >= 4 is 28.2 Å². The molecule has 2 aromatic rings. The lowest BCUT2D eigenvalue weighted by atomic mass is 10.1. The molecule has 1 heterocycles. The van der Waals surface area contributed by atoms with Gasteiger partial charge in [-0.15, -0.1) is 0 Å². The number of nitrogens with one attached hydrogen (secondary N) is 2. The Kier molecular flexibility index (Phi) is 4.60. The number of nitrogens with zero attached hydrogens (tertiary/aromatic N) is 1. The molecular weight excluding hydrogens is 315 g/mol. The molecule has 3 rings (SSSR count). The summed E-state index contributed by atoms with van der Waals surface area (Å²) in [5.74, 6) is -1.64. The van der Waals surface area contributed by atoms with Crippen LogP contribution in [0.2, 0.25) is 0 Å². The predicted molar refractivity (Wildman–Crippen MR) is 83.2 cm³/mol. The lowest BCUT2D eigenvalue weighted by Gasteiger charge is -2.12. The molecule has 116 valence electrons. The van der Waals surface area contributed by atoms with Crippen LogP contribution in [0.25, 0.3) is 0 Å². The van der Waals surface area contributed by atoms with E-state index in [0.29, 0.717) is 16.9 Å². The van der Waals surface area contributed by atoms with Gasteiger partial charge >= 0.3 is 16.5 Å². The molecule has 1 aromatic heterocycles. The normalized spacial score (nSPS) is 12.8. The van der Waals surface area contributed by atoms with Crippen molar-refractivity contribution in [1.29, 1.82) is 0 Å². The standard InChI is InChI=1S/C16H15F2N3O.Al/c17-12-5-4-9(6-13(12)18)8-20-16(22)11-7-10-2-1-3-14(10)21-15(11)19;/h4-7H,1-3,8H2,(H3,19,20,21,22);/q;+1/p-1. The average Bonchev–Trinajstić information content (AvgIpc) is 3.01. The third-order valence-corrected chi connectivity index (χ3v) is 4.14. The van der Waals surface area contributed by atoms with E-state index in [-0.39, 0.29) is 12.5 Å². The monoisotopic (exact) mass is 329 g/mol. The molecule has 0 spiro atoms. The van der Waals surface area contributed by atoms with Gasteiger partial charge in [-0.1, -0.05) is 6.07 Å². The summed E-state index contributed by atoms with van der Waals surface area (Å²) in [6.07, 6.45) is 2.88. The number of hydrogen-bond acceptors (Lipinski definition) is 3. The fraction of sp³-hybridized carbons (Fsp3) is 0.250. The van der Waals surface area contributed by atoms with E-state index in [9.17, 15) is 13.6 Å². The highest BCUT2D eigenvalue weighted by Crippen LogP contribution is 2.25. The number of carbonyl (C=O) groups is 1. The number of benzene rings is 1. The van der Waals surface area contributed by atoms with E-state index in [2.05, 4.69) is 31.1 Å². The van der Waals surface area contributed by atoms with Gasteiger partial charge in [0.15, 0.2) is 11.6 Å². The van der Waals surface area contributed by atoms with Gasteiger partial charge in [0.1, 0.15) is 5.82 Å². The summed E-state index contributed by atoms with van der Waals surface area (Å²) in [7, 11) is 0. The Hall–Kier alpha value is -1.97. The number of halogens is 2. The molecule has 1 aromatic carbocycles. The van der Waals surface area contributed by atoms with Crippen molar-refractivity contribution in [2.45, 2.75) is 25.8 Å². The lowest BCUT2D eigenvalue weighted by molar-refractivity contribution is 0.0951. The lowest BCUT2D eigenvalue weighted by Crippen LogP contribution is -2.24. The minimum absolute atomic E-state index is 0.114. The van der Waals surface area contributed by atoms with Crippen LogP contribution in [0.15, 0.2) is 24.3 Å². The number of pyridine rings is 1. The Morgan fingerprint density at radius 2 is 2.04 bits per heavy atom. The van der Waals surface area contributed by atoms with Gasteiger partial charge in [0.05, 0.1) is 5.56 Å². The molecule has 0 saturated carbocycles. The zero-order chi connectivity index (χ0) is 16.4. The maximum absolute atomic E-state index is 13.2. The van der Waals surface area contributed by atoms with Crippen LogP contribution >= 0.6 is 0 Å². The van der Waals surface area contributed by atoms with Crippen LogP contribution in [-0.4, -0.2) is 27.4 Å². The molecule has 2 radical (unpaired) electrons. The topological polar surface area (TPSA) is 54.0 Å². The maximum atomic E-state index is 13.2. The Labute approximate surface area is 140 Å². The Morgan fingerprint density at radius 3 is 2.78 bits per heavy atom. The Morgan fingerprint density at radius 1 is 1.22 bits per heavy atom. The molecule has 0 fully saturated rings. The first-order valence-electron chi connectivity index (χ1n) is 7.30. The van der Waals surface area contributed by atoms with Crippen LogP contribution in [-0.2, 0) is 19.4 Å². The Bertz CT molecular complexity index is 767. The van der Waals surface area contributed by atoms with Crippen LogP contribution < -0.4 is 9.62 Å². The van der Waals surface area contributed by atoms with Gasteiger partial charge in [-0.2, -0.15) is 0 Å². The second-order valence-electron chi connectivity index (χ2n) is 5.42. The maximum Gasteiger partial charge on any atom is 0.308 e. The third kappa shape index (κ3) is 3.36. The zero-order valence-electron chi connectivity index (χ0n) is 12.3. The fourth-order valence-corrected chi connectivity index (χ4v) is 2.90. The van der Waals surface area contributed by atoms with E-state index in [1.807, 2.05) is 6.07 Å². The molecule has 4 nitrogen and oxygen atoms in total. The summed E-state index contributed by atoms with van der Waals surface area (Å²) in [6, 6.07) is 5.41. The van der Waals surface area contributed by atoms with Crippen molar-refractivity contribution in [2.75, 3.05) is 4.30 Å². The SMILES string of the molecule is O=C(NCc1ccc(F)c(F)c1)c1cc2c(nc1[NH][Al])CCC2. The third-order valence-electron chi connectivity index (χ3n) is 3.87. The van der Waals surface area contributed by atoms with Crippen LogP contribution in [0, 0.1) is 11.6 Å². The molecule has 0 unspecified atom stereocenters. The molecule has 0 atom stereocenters. The van der Waals surface area contributed by atoms with E-state index < -0.39 is 11.6 Å². The van der Waals surface area contributed by atoms with Crippen molar-refractivity contribution in [1.82, 2.24) is 10.3 Å². The van der Waals surface area contributed by atoms with Gasteiger partial charge in [-0.25, -0.2) is 13.8 Å². The highest BCUT2D eigenvalue weighted by molar-refractivity contribution is 6.17. The zero-order valence-corrected chi connectivity index (χ0v) is 13.5. The number of anilines is 1. The molecule has 0 saturated heterocycles. The van der Waals surface area contributed by atoms with Crippen molar-refractivity contribution in [3.63, 3.8) is 0 Å². The number of amides is 1. The highest BCUT2D eigenvalue weighted by atomic mass is 27.1. The van der Waals surface area contributed by atoms with Gasteiger partial charge in [-0.05, 0) is 48.6 Å². The minimum Gasteiger partial charge on any atom is -0.476 e. The summed E-state index contributed by atoms with van der Waals surface area (Å²) in [4.78, 5) is 16.9. The smallest absolute Gasteiger partial charge is 0.308 e. The number of aryl methyl sites for hydroxylation is 2. The van der Waals surface area contributed by atoms with Gasteiger partial charge < -0.3 is 9.62 Å². The molecule has 2 N–H and O–H groups in total. The van der Waals surface area contributed by atoms with Crippen LogP contribution in [0.4, 0.5) is 14.6 Å². The van der Waals surface area contributed by atoms with Gasteiger partial charge in [0, 0.05) is 12.2 Å². The van der Waals surface area contributed by atoms with Crippen LogP contribution in [0.5, 0.6) is 0 Å². The van der Waals surface area contributed by atoms with Gasteiger partial charge in [0.2, 0.25) is 0 Å². The summed E-state index contributed by atoms with van der Waals surface area (Å²) in [6.45, 7) is 0.114. The summed E-state index contributed by atoms with van der Waals surface area (Å²) >= 11 is 2.34. The van der Waals surface area contributed by atoms with Crippen molar-refractivity contribution < 1.29 is 13.6 Å². The molecule has 23 heavy (non-hydrogen) atoms. The van der Waals surface area contributed by atoms with Crippen LogP contribution in [0.1, 0.15) is 33.6 Å². The highest BCUT2D eigenvalue weighted by Gasteiger charge is 2.19. The van der Waals surface area contributed by atoms with E-state index in [1.54, 1.807) is 0 Å². The molecular formula is C16H14AlF2N3O. The second-order valence-corrected chi connectivity index (χ2v) is 5.71. The van der Waals surface area contributed by atoms with E-state index in [0.717, 1.165) is 42.7 Å². The summed E-state index contributed by atoms with van der Waals surface area (Å²) in [5.41, 5.74) is 3.05. The quantitative estimate of drug-likeness (QED) is 0.846. The van der Waals surface area contributed by atoms with E-state index >= 15 is 0 Å². The molecule has 1 aliphatic carbocycles. The molecule has 0 aliphatic heterocycles. The van der Waals surface area contributed by atoms with Gasteiger partial charge in [-0.3, -0.25) is 4.79 Å². The van der Waals surface area contributed by atoms with E-state index in [1.165, 1.54) is 6.07 Å². The summed E-state index contributed by atoms with van der Waals surface area (Å²) in [5, 5.41) is 2.71. The first-order chi connectivity index (χ1) is 11.1. The molecule has 1 aliphatic rings. The van der Waals surface area contributed by atoms with Crippen molar-refractivity contribution in [2.24, 2.45) is 0 Å². The number of hydrogen-bond donors (Lipinski definition) is 2.